The van der Waals surface area contributed by atoms with Gasteiger partial charge in [0.1, 0.15) is 0 Å². The molecule has 0 saturated carbocycles. The molecule has 1 aliphatic rings. The molecule has 1 aliphatic carbocycles. The van der Waals surface area contributed by atoms with Crippen molar-refractivity contribution in [3.63, 3.8) is 0 Å². The SMILES string of the molecule is CNC1CCc2ccc(C)cc2C1. The van der Waals surface area contributed by atoms with Crippen LogP contribution in [0.1, 0.15) is 23.1 Å². The molecule has 70 valence electrons. The quantitative estimate of drug-likeness (QED) is 0.689. The molecule has 1 N–H and O–H groups in total. The van der Waals surface area contributed by atoms with Crippen molar-refractivity contribution in [3.8, 4) is 0 Å². The molecule has 0 bridgehead atoms. The van der Waals surface area contributed by atoms with Gasteiger partial charge < -0.3 is 5.32 Å². The number of nitrogens with one attached hydrogen (secondary N) is 1. The number of rotatable bonds is 1. The number of fused-ring (bicyclic) bond motifs is 1. The highest BCUT2D eigenvalue weighted by Gasteiger charge is 2.16. The largest absolute Gasteiger partial charge is 0.317 e. The van der Waals surface area contributed by atoms with Crippen LogP contribution in [0.15, 0.2) is 18.2 Å². The summed E-state index contributed by atoms with van der Waals surface area (Å²) < 4.78 is 0. The molecule has 0 heterocycles. The zero-order valence-corrected chi connectivity index (χ0v) is 8.43. The van der Waals surface area contributed by atoms with Gasteiger partial charge in [0.05, 0.1) is 0 Å². The summed E-state index contributed by atoms with van der Waals surface area (Å²) in [6.07, 6.45) is 3.72. The Balaban J connectivity index is 2.27. The summed E-state index contributed by atoms with van der Waals surface area (Å²) in [7, 11) is 2.06. The van der Waals surface area contributed by atoms with Crippen LogP contribution in [0.5, 0.6) is 0 Å². The smallest absolute Gasteiger partial charge is 0.0108 e. The molecule has 1 unspecified atom stereocenters. The van der Waals surface area contributed by atoms with Crippen LogP contribution in [0.2, 0.25) is 0 Å². The summed E-state index contributed by atoms with van der Waals surface area (Å²) in [6, 6.07) is 7.53. The molecule has 0 fully saturated rings. The van der Waals surface area contributed by atoms with Crippen LogP contribution >= 0.6 is 0 Å². The van der Waals surface area contributed by atoms with E-state index in [0.717, 1.165) is 0 Å². The Hall–Kier alpha value is -0.820. The molecule has 13 heavy (non-hydrogen) atoms. The maximum Gasteiger partial charge on any atom is 0.0108 e. The average Bonchev–Trinajstić information content (AvgIpc) is 2.16. The lowest BCUT2D eigenvalue weighted by atomic mass is 9.87. The minimum atomic E-state index is 0.689. The first-order valence-corrected chi connectivity index (χ1v) is 5.05. The second kappa shape index (κ2) is 3.51. The number of benzene rings is 1. The minimum absolute atomic E-state index is 0.689. The molecule has 1 aromatic rings. The van der Waals surface area contributed by atoms with Crippen LogP contribution < -0.4 is 5.32 Å². The van der Waals surface area contributed by atoms with Crippen LogP contribution in [0.3, 0.4) is 0 Å². The van der Waals surface area contributed by atoms with E-state index in [1.807, 2.05) is 0 Å². The summed E-state index contributed by atoms with van der Waals surface area (Å²) in [6.45, 7) is 2.17. The van der Waals surface area contributed by atoms with E-state index in [1.54, 1.807) is 11.1 Å². The molecule has 0 aromatic heterocycles. The van der Waals surface area contributed by atoms with Gasteiger partial charge in [-0.25, -0.2) is 0 Å². The standard InChI is InChI=1S/C12H17N/c1-9-3-4-10-5-6-12(13-2)8-11(10)7-9/h3-4,7,12-13H,5-6,8H2,1-2H3. The van der Waals surface area contributed by atoms with E-state index in [1.165, 1.54) is 24.8 Å². The number of hydrogen-bond acceptors (Lipinski definition) is 1. The molecule has 1 atom stereocenters. The first kappa shape index (κ1) is 8.76. The van der Waals surface area contributed by atoms with Gasteiger partial charge in [0.2, 0.25) is 0 Å². The van der Waals surface area contributed by atoms with Gasteiger partial charge in [-0.1, -0.05) is 23.8 Å². The Morgan fingerprint density at radius 1 is 1.31 bits per heavy atom. The lowest BCUT2D eigenvalue weighted by Crippen LogP contribution is -2.31. The minimum Gasteiger partial charge on any atom is -0.317 e. The molecule has 0 saturated heterocycles. The van der Waals surface area contributed by atoms with E-state index < -0.39 is 0 Å². The van der Waals surface area contributed by atoms with Crippen molar-refractivity contribution in [1.29, 1.82) is 0 Å². The number of aryl methyl sites for hydroxylation is 2. The van der Waals surface area contributed by atoms with Crippen molar-refractivity contribution in [2.75, 3.05) is 7.05 Å². The summed E-state index contributed by atoms with van der Waals surface area (Å²) >= 11 is 0. The van der Waals surface area contributed by atoms with E-state index in [4.69, 9.17) is 0 Å². The van der Waals surface area contributed by atoms with E-state index in [0.29, 0.717) is 6.04 Å². The first-order valence-electron chi connectivity index (χ1n) is 5.05. The zero-order valence-electron chi connectivity index (χ0n) is 8.43. The Morgan fingerprint density at radius 3 is 2.92 bits per heavy atom. The van der Waals surface area contributed by atoms with Crippen LogP contribution in [-0.2, 0) is 12.8 Å². The normalized spacial score (nSPS) is 21.2. The van der Waals surface area contributed by atoms with Gasteiger partial charge in [-0.3, -0.25) is 0 Å². The summed E-state index contributed by atoms with van der Waals surface area (Å²) in [4.78, 5) is 0. The predicted octanol–water partition coefficient (Wildman–Crippen LogP) is 2.07. The van der Waals surface area contributed by atoms with E-state index in [2.05, 4.69) is 37.5 Å². The van der Waals surface area contributed by atoms with Crippen molar-refractivity contribution in [1.82, 2.24) is 5.32 Å². The van der Waals surface area contributed by atoms with Gasteiger partial charge in [0.25, 0.3) is 0 Å². The van der Waals surface area contributed by atoms with Crippen molar-refractivity contribution in [2.24, 2.45) is 0 Å². The van der Waals surface area contributed by atoms with Gasteiger partial charge in [0, 0.05) is 6.04 Å². The highest BCUT2D eigenvalue weighted by molar-refractivity contribution is 5.34. The van der Waals surface area contributed by atoms with Gasteiger partial charge in [-0.05, 0) is 44.4 Å². The Labute approximate surface area is 80.2 Å². The summed E-state index contributed by atoms with van der Waals surface area (Å²) in [5.74, 6) is 0. The molecule has 0 spiro atoms. The molecule has 0 aliphatic heterocycles. The maximum atomic E-state index is 3.36. The topological polar surface area (TPSA) is 12.0 Å². The molecule has 1 heteroatoms. The number of likely N-dealkylation sites (N-methyl/N-ethyl adjacent to an activating group) is 1. The highest BCUT2D eigenvalue weighted by atomic mass is 14.9. The van der Waals surface area contributed by atoms with Crippen molar-refractivity contribution >= 4 is 0 Å². The van der Waals surface area contributed by atoms with Crippen LogP contribution in [-0.4, -0.2) is 13.1 Å². The van der Waals surface area contributed by atoms with E-state index in [-0.39, 0.29) is 0 Å². The third-order valence-corrected chi connectivity index (χ3v) is 3.00. The first-order chi connectivity index (χ1) is 6.29. The van der Waals surface area contributed by atoms with Crippen LogP contribution in [0.25, 0.3) is 0 Å². The van der Waals surface area contributed by atoms with Gasteiger partial charge in [-0.15, -0.1) is 0 Å². The molecule has 0 amide bonds. The Morgan fingerprint density at radius 2 is 2.15 bits per heavy atom. The monoisotopic (exact) mass is 175 g/mol. The fourth-order valence-electron chi connectivity index (χ4n) is 2.13. The van der Waals surface area contributed by atoms with Crippen molar-refractivity contribution in [3.05, 3.63) is 34.9 Å². The Bertz CT molecular complexity index is 304. The Kier molecular flexibility index (Phi) is 2.36. The van der Waals surface area contributed by atoms with Gasteiger partial charge in [-0.2, -0.15) is 0 Å². The molecule has 2 rings (SSSR count). The van der Waals surface area contributed by atoms with Gasteiger partial charge in [0.15, 0.2) is 0 Å². The molecular weight excluding hydrogens is 158 g/mol. The number of hydrogen-bond donors (Lipinski definition) is 1. The van der Waals surface area contributed by atoms with Gasteiger partial charge >= 0.3 is 0 Å². The van der Waals surface area contributed by atoms with Crippen LogP contribution in [0, 0.1) is 6.92 Å². The summed E-state index contributed by atoms with van der Waals surface area (Å²) in [5.41, 5.74) is 4.48. The lowest BCUT2D eigenvalue weighted by molar-refractivity contribution is 0.496. The highest BCUT2D eigenvalue weighted by Crippen LogP contribution is 2.22. The van der Waals surface area contributed by atoms with E-state index >= 15 is 0 Å². The molecular formula is C12H17N. The van der Waals surface area contributed by atoms with Crippen molar-refractivity contribution in [2.45, 2.75) is 32.2 Å². The maximum absolute atomic E-state index is 3.36. The molecule has 1 nitrogen and oxygen atoms in total. The summed E-state index contributed by atoms with van der Waals surface area (Å²) in [5, 5.41) is 3.36. The predicted molar refractivity (Wildman–Crippen MR) is 56.1 cm³/mol. The van der Waals surface area contributed by atoms with E-state index in [9.17, 15) is 0 Å². The molecule has 1 aromatic carbocycles. The fourth-order valence-corrected chi connectivity index (χ4v) is 2.13. The third-order valence-electron chi connectivity index (χ3n) is 3.00. The lowest BCUT2D eigenvalue weighted by Gasteiger charge is -2.24. The van der Waals surface area contributed by atoms with Crippen molar-refractivity contribution < 1.29 is 0 Å². The third kappa shape index (κ3) is 1.75. The zero-order chi connectivity index (χ0) is 9.26. The second-order valence-corrected chi connectivity index (χ2v) is 4.00. The fraction of sp³-hybridized carbons (Fsp3) is 0.500. The second-order valence-electron chi connectivity index (χ2n) is 4.00. The van der Waals surface area contributed by atoms with Crippen LogP contribution in [0.4, 0.5) is 0 Å². The molecule has 0 radical (unpaired) electrons. The average molecular weight is 175 g/mol.